The standard InChI is InChI=1S/C9H11NO3/c11-6-1-2-9(8(12)3-6)13-7-4-10-5-7/h1-3,7,10-12H,4-5H2. The third-order valence-corrected chi connectivity index (χ3v) is 1.98. The smallest absolute Gasteiger partial charge is 0.161 e. The van der Waals surface area contributed by atoms with Crippen molar-refractivity contribution in [2.75, 3.05) is 13.1 Å². The minimum absolute atomic E-state index is 0.0214. The molecule has 0 aliphatic carbocycles. The summed E-state index contributed by atoms with van der Waals surface area (Å²) in [5.41, 5.74) is 0. The van der Waals surface area contributed by atoms with Crippen LogP contribution in [-0.4, -0.2) is 29.4 Å². The summed E-state index contributed by atoms with van der Waals surface area (Å²) < 4.78 is 5.41. The molecule has 13 heavy (non-hydrogen) atoms. The van der Waals surface area contributed by atoms with Gasteiger partial charge in [-0.05, 0) is 12.1 Å². The van der Waals surface area contributed by atoms with E-state index < -0.39 is 0 Å². The van der Waals surface area contributed by atoms with E-state index in [9.17, 15) is 5.11 Å². The maximum atomic E-state index is 9.35. The molecule has 0 amide bonds. The molecule has 70 valence electrons. The average Bonchev–Trinajstić information content (AvgIpc) is 1.99. The van der Waals surface area contributed by atoms with E-state index in [1.54, 1.807) is 6.07 Å². The molecule has 1 heterocycles. The normalized spacial score (nSPS) is 16.6. The van der Waals surface area contributed by atoms with Gasteiger partial charge in [0, 0.05) is 19.2 Å². The van der Waals surface area contributed by atoms with Gasteiger partial charge in [-0.2, -0.15) is 0 Å². The molecule has 0 atom stereocenters. The molecule has 1 aliphatic heterocycles. The first-order valence-electron chi connectivity index (χ1n) is 4.15. The van der Waals surface area contributed by atoms with Gasteiger partial charge in [0.2, 0.25) is 0 Å². The maximum absolute atomic E-state index is 9.35. The molecule has 0 unspecified atom stereocenters. The van der Waals surface area contributed by atoms with Crippen molar-refractivity contribution in [2.24, 2.45) is 0 Å². The Morgan fingerprint density at radius 3 is 2.62 bits per heavy atom. The van der Waals surface area contributed by atoms with Gasteiger partial charge in [-0.1, -0.05) is 0 Å². The molecule has 4 nitrogen and oxygen atoms in total. The van der Waals surface area contributed by atoms with Crippen LogP contribution in [-0.2, 0) is 0 Å². The average molecular weight is 181 g/mol. The molecule has 1 aromatic carbocycles. The molecule has 1 saturated heterocycles. The Balaban J connectivity index is 2.10. The molecule has 0 radical (unpaired) electrons. The summed E-state index contributed by atoms with van der Waals surface area (Å²) in [6.07, 6.45) is 0.135. The first-order chi connectivity index (χ1) is 6.25. The van der Waals surface area contributed by atoms with Gasteiger partial charge in [0.05, 0.1) is 0 Å². The van der Waals surface area contributed by atoms with E-state index in [1.165, 1.54) is 12.1 Å². The molecule has 1 aromatic rings. The van der Waals surface area contributed by atoms with Crippen molar-refractivity contribution in [2.45, 2.75) is 6.10 Å². The Labute approximate surface area is 75.8 Å². The lowest BCUT2D eigenvalue weighted by molar-refractivity contribution is 0.137. The van der Waals surface area contributed by atoms with Crippen LogP contribution >= 0.6 is 0 Å². The van der Waals surface area contributed by atoms with Gasteiger partial charge in [-0.15, -0.1) is 0 Å². The summed E-state index contributed by atoms with van der Waals surface area (Å²) in [7, 11) is 0. The van der Waals surface area contributed by atoms with Crippen molar-refractivity contribution < 1.29 is 14.9 Å². The van der Waals surface area contributed by atoms with Gasteiger partial charge >= 0.3 is 0 Å². The minimum atomic E-state index is -0.0214. The predicted octanol–water partition coefficient (Wildman–Crippen LogP) is 0.448. The Bertz CT molecular complexity index is 310. The van der Waals surface area contributed by atoms with Crippen molar-refractivity contribution in [1.29, 1.82) is 0 Å². The number of hydrogen-bond acceptors (Lipinski definition) is 4. The van der Waals surface area contributed by atoms with Crippen LogP contribution in [0.2, 0.25) is 0 Å². The van der Waals surface area contributed by atoms with Gasteiger partial charge in [0.1, 0.15) is 11.9 Å². The molecular weight excluding hydrogens is 170 g/mol. The Kier molecular flexibility index (Phi) is 1.98. The van der Waals surface area contributed by atoms with E-state index in [0.29, 0.717) is 5.75 Å². The number of benzene rings is 1. The SMILES string of the molecule is Oc1ccc(OC2CNC2)c(O)c1. The number of nitrogens with one attached hydrogen (secondary N) is 1. The van der Waals surface area contributed by atoms with Crippen molar-refractivity contribution in [3.8, 4) is 17.2 Å². The van der Waals surface area contributed by atoms with Crippen LogP contribution in [0.15, 0.2) is 18.2 Å². The molecule has 4 heteroatoms. The van der Waals surface area contributed by atoms with Gasteiger partial charge in [0.15, 0.2) is 11.5 Å². The van der Waals surface area contributed by atoms with Crippen LogP contribution in [0, 0.1) is 0 Å². The number of phenols is 2. The molecule has 0 aromatic heterocycles. The number of phenolic OH excluding ortho intramolecular Hbond substituents is 2. The summed E-state index contributed by atoms with van der Waals surface area (Å²) in [5.74, 6) is 0.438. The largest absolute Gasteiger partial charge is 0.508 e. The summed E-state index contributed by atoms with van der Waals surface area (Å²) in [4.78, 5) is 0. The molecule has 0 bridgehead atoms. The molecule has 1 aliphatic rings. The lowest BCUT2D eigenvalue weighted by Crippen LogP contribution is -2.50. The quantitative estimate of drug-likeness (QED) is 0.620. The van der Waals surface area contributed by atoms with Gasteiger partial charge in [0.25, 0.3) is 0 Å². The van der Waals surface area contributed by atoms with Crippen LogP contribution in [0.1, 0.15) is 0 Å². The Hall–Kier alpha value is -1.42. The zero-order chi connectivity index (χ0) is 9.26. The van der Waals surface area contributed by atoms with Gasteiger partial charge < -0.3 is 20.3 Å². The maximum Gasteiger partial charge on any atom is 0.161 e. The van der Waals surface area contributed by atoms with Crippen LogP contribution in [0.5, 0.6) is 17.2 Å². The van der Waals surface area contributed by atoms with E-state index in [-0.39, 0.29) is 17.6 Å². The molecule has 0 saturated carbocycles. The fourth-order valence-corrected chi connectivity index (χ4v) is 1.13. The minimum Gasteiger partial charge on any atom is -0.508 e. The highest BCUT2D eigenvalue weighted by Crippen LogP contribution is 2.30. The van der Waals surface area contributed by atoms with E-state index >= 15 is 0 Å². The van der Waals surface area contributed by atoms with Crippen molar-refractivity contribution in [3.63, 3.8) is 0 Å². The second-order valence-corrected chi connectivity index (χ2v) is 3.05. The van der Waals surface area contributed by atoms with Crippen LogP contribution in [0.3, 0.4) is 0 Å². The monoisotopic (exact) mass is 181 g/mol. The van der Waals surface area contributed by atoms with E-state index in [1.807, 2.05) is 0 Å². The summed E-state index contributed by atoms with van der Waals surface area (Å²) in [5, 5.41) is 21.4. The fraction of sp³-hybridized carbons (Fsp3) is 0.333. The zero-order valence-corrected chi connectivity index (χ0v) is 7.03. The lowest BCUT2D eigenvalue weighted by atomic mass is 10.2. The zero-order valence-electron chi connectivity index (χ0n) is 7.03. The van der Waals surface area contributed by atoms with Crippen molar-refractivity contribution in [1.82, 2.24) is 5.32 Å². The number of aromatic hydroxyl groups is 2. The van der Waals surface area contributed by atoms with E-state index in [2.05, 4.69) is 5.32 Å². The van der Waals surface area contributed by atoms with E-state index in [4.69, 9.17) is 9.84 Å². The highest BCUT2D eigenvalue weighted by Gasteiger charge is 2.19. The molecule has 2 rings (SSSR count). The van der Waals surface area contributed by atoms with Gasteiger partial charge in [-0.3, -0.25) is 0 Å². The third kappa shape index (κ3) is 1.67. The highest BCUT2D eigenvalue weighted by atomic mass is 16.5. The van der Waals surface area contributed by atoms with Crippen LogP contribution in [0.4, 0.5) is 0 Å². The lowest BCUT2D eigenvalue weighted by Gasteiger charge is -2.27. The fourth-order valence-electron chi connectivity index (χ4n) is 1.13. The number of rotatable bonds is 2. The first kappa shape index (κ1) is 8.19. The Morgan fingerprint density at radius 1 is 1.31 bits per heavy atom. The van der Waals surface area contributed by atoms with Crippen molar-refractivity contribution >= 4 is 0 Å². The second-order valence-electron chi connectivity index (χ2n) is 3.05. The Morgan fingerprint density at radius 2 is 2.08 bits per heavy atom. The first-order valence-corrected chi connectivity index (χ1v) is 4.15. The number of ether oxygens (including phenoxy) is 1. The van der Waals surface area contributed by atoms with E-state index in [0.717, 1.165) is 13.1 Å². The van der Waals surface area contributed by atoms with Crippen LogP contribution < -0.4 is 10.1 Å². The van der Waals surface area contributed by atoms with Gasteiger partial charge in [-0.25, -0.2) is 0 Å². The summed E-state index contributed by atoms with van der Waals surface area (Å²) in [6.45, 7) is 1.61. The molecule has 1 fully saturated rings. The molecular formula is C9H11NO3. The second kappa shape index (κ2) is 3.14. The topological polar surface area (TPSA) is 61.7 Å². The predicted molar refractivity (Wildman–Crippen MR) is 47.1 cm³/mol. The highest BCUT2D eigenvalue weighted by molar-refractivity contribution is 5.44. The number of hydrogen-bond donors (Lipinski definition) is 3. The molecule has 3 N–H and O–H groups in total. The molecule has 0 spiro atoms. The summed E-state index contributed by atoms with van der Waals surface area (Å²) in [6, 6.07) is 4.31. The van der Waals surface area contributed by atoms with Crippen LogP contribution in [0.25, 0.3) is 0 Å². The van der Waals surface area contributed by atoms with Crippen molar-refractivity contribution in [3.05, 3.63) is 18.2 Å². The summed E-state index contributed by atoms with van der Waals surface area (Å²) >= 11 is 0. The third-order valence-electron chi connectivity index (χ3n) is 1.98.